The predicted octanol–water partition coefficient (Wildman–Crippen LogP) is 14.1. The van der Waals surface area contributed by atoms with Gasteiger partial charge < -0.3 is 4.90 Å². The normalized spacial score (nSPS) is 11.1. The summed E-state index contributed by atoms with van der Waals surface area (Å²) in [4.78, 5) is 2.35. The topological polar surface area (TPSA) is 3.24 Å². The van der Waals surface area contributed by atoms with E-state index in [1.165, 1.54) is 66.1 Å². The van der Waals surface area contributed by atoms with Gasteiger partial charge >= 0.3 is 0 Å². The highest BCUT2D eigenvalue weighted by atomic mass is 15.1. The molecule has 51 heavy (non-hydrogen) atoms. The van der Waals surface area contributed by atoms with Gasteiger partial charge in [-0.15, -0.1) is 0 Å². The van der Waals surface area contributed by atoms with Crippen LogP contribution in [-0.2, 0) is 0 Å². The third kappa shape index (κ3) is 5.96. The first-order valence-electron chi connectivity index (χ1n) is 17.5. The summed E-state index contributed by atoms with van der Waals surface area (Å²) >= 11 is 0. The van der Waals surface area contributed by atoms with Crippen molar-refractivity contribution in [3.05, 3.63) is 212 Å². The van der Waals surface area contributed by atoms with Crippen LogP contribution in [0.1, 0.15) is 0 Å². The molecule has 0 heterocycles. The lowest BCUT2D eigenvalue weighted by molar-refractivity contribution is 1.28. The highest BCUT2D eigenvalue weighted by Crippen LogP contribution is 2.41. The van der Waals surface area contributed by atoms with Crippen LogP contribution < -0.4 is 4.90 Å². The van der Waals surface area contributed by atoms with Crippen LogP contribution in [0, 0.1) is 0 Å². The van der Waals surface area contributed by atoms with E-state index in [4.69, 9.17) is 0 Å². The Kier molecular flexibility index (Phi) is 7.92. The van der Waals surface area contributed by atoms with E-state index in [1.54, 1.807) is 0 Å². The molecule has 0 bridgehead atoms. The second-order valence-electron chi connectivity index (χ2n) is 13.0. The van der Waals surface area contributed by atoms with Crippen molar-refractivity contribution in [1.82, 2.24) is 0 Å². The van der Waals surface area contributed by atoms with Gasteiger partial charge in [-0.2, -0.15) is 0 Å². The second kappa shape index (κ2) is 13.3. The molecule has 0 aromatic heterocycles. The van der Waals surface area contributed by atoms with E-state index in [0.29, 0.717) is 0 Å². The molecule has 0 unspecified atom stereocenters. The van der Waals surface area contributed by atoms with E-state index in [0.717, 1.165) is 17.1 Å². The molecule has 0 aliphatic carbocycles. The summed E-state index contributed by atoms with van der Waals surface area (Å²) in [6.07, 6.45) is 0. The fourth-order valence-corrected chi connectivity index (χ4v) is 7.27. The monoisotopic (exact) mass is 649 g/mol. The Morgan fingerprint density at radius 1 is 0.255 bits per heavy atom. The lowest BCUT2D eigenvalue weighted by atomic mass is 9.89. The molecule has 0 saturated heterocycles. The fourth-order valence-electron chi connectivity index (χ4n) is 7.27. The number of rotatable bonds is 7. The Morgan fingerprint density at radius 2 is 0.686 bits per heavy atom. The van der Waals surface area contributed by atoms with Crippen molar-refractivity contribution in [2.45, 2.75) is 0 Å². The van der Waals surface area contributed by atoms with Crippen molar-refractivity contribution >= 4 is 38.6 Å². The smallest absolute Gasteiger partial charge is 0.0462 e. The maximum absolute atomic E-state index is 2.35. The molecule has 0 amide bonds. The van der Waals surface area contributed by atoms with E-state index in [9.17, 15) is 0 Å². The SMILES string of the molecule is c1ccc(-c2ccc(N(c3ccc(-c4ccc5ccccc5c4)cc3)c3ccc(-c4c(-c5ccccc5)ccc5ccccc45)cc3)cc2)cc1. The zero-order chi connectivity index (χ0) is 34.0. The molecule has 240 valence electrons. The van der Waals surface area contributed by atoms with Crippen molar-refractivity contribution in [2.24, 2.45) is 0 Å². The van der Waals surface area contributed by atoms with E-state index >= 15 is 0 Å². The number of hydrogen-bond donors (Lipinski definition) is 0. The van der Waals surface area contributed by atoms with Crippen LogP contribution in [0.15, 0.2) is 212 Å². The first-order valence-corrected chi connectivity index (χ1v) is 17.5. The van der Waals surface area contributed by atoms with Gasteiger partial charge in [-0.05, 0) is 109 Å². The molecule has 1 heteroatoms. The molecule has 0 fully saturated rings. The van der Waals surface area contributed by atoms with E-state index in [-0.39, 0.29) is 0 Å². The van der Waals surface area contributed by atoms with E-state index in [2.05, 4.69) is 217 Å². The third-order valence-corrected chi connectivity index (χ3v) is 9.87. The van der Waals surface area contributed by atoms with Crippen molar-refractivity contribution in [2.75, 3.05) is 4.90 Å². The predicted molar refractivity (Wildman–Crippen MR) is 218 cm³/mol. The standard InChI is InChI=1S/C50H35N/c1-3-11-36(12-4-1)38-21-28-45(29-22-38)51(46-30-23-39(24-31-46)44-20-19-37-13-7-8-17-43(37)35-44)47-32-25-42(26-33-47)50-48-18-10-9-16-41(48)27-34-49(50)40-14-5-2-6-15-40/h1-35H. The summed E-state index contributed by atoms with van der Waals surface area (Å²) in [6.45, 7) is 0. The first-order chi connectivity index (χ1) is 25.3. The van der Waals surface area contributed by atoms with Crippen LogP contribution in [0.5, 0.6) is 0 Å². The first kappa shape index (κ1) is 30.4. The number of hydrogen-bond acceptors (Lipinski definition) is 1. The number of anilines is 3. The average molecular weight is 650 g/mol. The van der Waals surface area contributed by atoms with Crippen LogP contribution >= 0.6 is 0 Å². The third-order valence-electron chi connectivity index (χ3n) is 9.87. The minimum absolute atomic E-state index is 1.10. The minimum Gasteiger partial charge on any atom is -0.311 e. The molecule has 9 aromatic carbocycles. The Hall–Kier alpha value is -6.70. The lowest BCUT2D eigenvalue weighted by Crippen LogP contribution is -2.09. The van der Waals surface area contributed by atoms with Crippen molar-refractivity contribution in [1.29, 1.82) is 0 Å². The van der Waals surface area contributed by atoms with Crippen molar-refractivity contribution in [3.63, 3.8) is 0 Å². The molecule has 0 radical (unpaired) electrons. The largest absolute Gasteiger partial charge is 0.311 e. The fraction of sp³-hybridized carbons (Fsp3) is 0. The number of nitrogens with zero attached hydrogens (tertiary/aromatic N) is 1. The number of benzene rings is 9. The quantitative estimate of drug-likeness (QED) is 0.166. The molecule has 1 nitrogen and oxygen atoms in total. The van der Waals surface area contributed by atoms with Gasteiger partial charge in [-0.25, -0.2) is 0 Å². The summed E-state index contributed by atoms with van der Waals surface area (Å²) in [5, 5.41) is 5.00. The van der Waals surface area contributed by atoms with Gasteiger partial charge in [0.15, 0.2) is 0 Å². The molecule has 0 aliphatic heterocycles. The highest BCUT2D eigenvalue weighted by Gasteiger charge is 2.16. The minimum atomic E-state index is 1.10. The average Bonchev–Trinajstić information content (AvgIpc) is 3.22. The Morgan fingerprint density at radius 3 is 1.31 bits per heavy atom. The molecule has 0 N–H and O–H groups in total. The van der Waals surface area contributed by atoms with Gasteiger partial charge in [0.1, 0.15) is 0 Å². The molecule has 0 atom stereocenters. The van der Waals surface area contributed by atoms with Crippen LogP contribution in [0.25, 0.3) is 66.1 Å². The van der Waals surface area contributed by atoms with Crippen molar-refractivity contribution in [3.8, 4) is 44.5 Å². The number of fused-ring (bicyclic) bond motifs is 2. The second-order valence-corrected chi connectivity index (χ2v) is 13.0. The molecule has 0 spiro atoms. The van der Waals surface area contributed by atoms with Crippen molar-refractivity contribution < 1.29 is 0 Å². The molecule has 9 rings (SSSR count). The highest BCUT2D eigenvalue weighted by molar-refractivity contribution is 6.04. The Labute approximate surface area is 299 Å². The van der Waals surface area contributed by atoms with Gasteiger partial charge in [0.2, 0.25) is 0 Å². The maximum Gasteiger partial charge on any atom is 0.0462 e. The zero-order valence-corrected chi connectivity index (χ0v) is 28.2. The Bertz CT molecular complexity index is 2590. The molecule has 0 aliphatic rings. The summed E-state index contributed by atoms with van der Waals surface area (Å²) in [6, 6.07) is 76.6. The summed E-state index contributed by atoms with van der Waals surface area (Å²) in [5.74, 6) is 0. The van der Waals surface area contributed by atoms with Gasteiger partial charge in [0, 0.05) is 17.1 Å². The Balaban J connectivity index is 1.13. The van der Waals surface area contributed by atoms with Crippen LogP contribution in [0.3, 0.4) is 0 Å². The van der Waals surface area contributed by atoms with Gasteiger partial charge in [0.25, 0.3) is 0 Å². The van der Waals surface area contributed by atoms with Crippen LogP contribution in [0.4, 0.5) is 17.1 Å². The molecule has 0 saturated carbocycles. The molecular weight excluding hydrogens is 615 g/mol. The van der Waals surface area contributed by atoms with Crippen LogP contribution in [0.2, 0.25) is 0 Å². The summed E-state index contributed by atoms with van der Waals surface area (Å²) < 4.78 is 0. The molecule has 9 aromatic rings. The van der Waals surface area contributed by atoms with E-state index < -0.39 is 0 Å². The van der Waals surface area contributed by atoms with Gasteiger partial charge in [-0.1, -0.05) is 170 Å². The molecular formula is C50H35N. The van der Waals surface area contributed by atoms with E-state index in [1.807, 2.05) is 0 Å². The van der Waals surface area contributed by atoms with Gasteiger partial charge in [-0.3, -0.25) is 0 Å². The zero-order valence-electron chi connectivity index (χ0n) is 28.2. The lowest BCUT2D eigenvalue weighted by Gasteiger charge is -2.26. The maximum atomic E-state index is 2.35. The van der Waals surface area contributed by atoms with Gasteiger partial charge in [0.05, 0.1) is 0 Å². The summed E-state index contributed by atoms with van der Waals surface area (Å²) in [5.41, 5.74) is 13.0. The summed E-state index contributed by atoms with van der Waals surface area (Å²) in [7, 11) is 0. The van der Waals surface area contributed by atoms with Crippen LogP contribution in [-0.4, -0.2) is 0 Å².